The molecular weight excluding hydrogens is 374 g/mol. The highest BCUT2D eigenvalue weighted by Gasteiger charge is 2.22. The van der Waals surface area contributed by atoms with Gasteiger partial charge in [-0.2, -0.15) is 5.10 Å². The van der Waals surface area contributed by atoms with E-state index < -0.39 is 10.8 Å². The van der Waals surface area contributed by atoms with E-state index in [0.717, 1.165) is 11.1 Å². The number of carbonyl (C=O) groups excluding carboxylic acids is 1. The number of hydrogen-bond acceptors (Lipinski definition) is 6. The van der Waals surface area contributed by atoms with Gasteiger partial charge in [-0.3, -0.25) is 14.9 Å². The van der Waals surface area contributed by atoms with Crippen molar-refractivity contribution < 1.29 is 19.2 Å². The number of hydrogen-bond donors (Lipinski definition) is 1. The van der Waals surface area contributed by atoms with Gasteiger partial charge in [0.15, 0.2) is 11.5 Å². The second-order valence-electron chi connectivity index (χ2n) is 6.16. The SMILES string of the molecule is O=C(N/N=C\c1cc2c(cc1[N+](=O)[O-])OCO2)c1ccc(-c2ccccc2)cc1. The van der Waals surface area contributed by atoms with E-state index in [4.69, 9.17) is 9.47 Å². The number of benzene rings is 3. The fourth-order valence-electron chi connectivity index (χ4n) is 2.88. The van der Waals surface area contributed by atoms with Crippen molar-refractivity contribution in [3.05, 3.63) is 88.0 Å². The molecular formula is C21H15N3O5. The second kappa shape index (κ2) is 7.81. The first-order valence-electron chi connectivity index (χ1n) is 8.69. The van der Waals surface area contributed by atoms with Crippen LogP contribution < -0.4 is 14.9 Å². The molecule has 8 heteroatoms. The first kappa shape index (κ1) is 18.2. The minimum atomic E-state index is -0.548. The molecule has 8 nitrogen and oxygen atoms in total. The molecule has 0 atom stereocenters. The van der Waals surface area contributed by atoms with Gasteiger partial charge in [-0.1, -0.05) is 42.5 Å². The number of carbonyl (C=O) groups is 1. The van der Waals surface area contributed by atoms with Gasteiger partial charge in [0.2, 0.25) is 6.79 Å². The van der Waals surface area contributed by atoms with E-state index in [9.17, 15) is 14.9 Å². The zero-order valence-corrected chi connectivity index (χ0v) is 15.1. The van der Waals surface area contributed by atoms with Gasteiger partial charge in [-0.15, -0.1) is 0 Å². The van der Waals surface area contributed by atoms with E-state index in [2.05, 4.69) is 10.5 Å². The van der Waals surface area contributed by atoms with Crippen LogP contribution in [0.1, 0.15) is 15.9 Å². The van der Waals surface area contributed by atoms with Gasteiger partial charge in [0, 0.05) is 5.56 Å². The Bertz CT molecular complexity index is 1100. The van der Waals surface area contributed by atoms with Crippen molar-refractivity contribution in [2.24, 2.45) is 5.10 Å². The van der Waals surface area contributed by atoms with E-state index in [0.29, 0.717) is 17.1 Å². The number of nitro groups is 1. The molecule has 0 aromatic heterocycles. The number of rotatable bonds is 5. The molecule has 3 aromatic rings. The lowest BCUT2D eigenvalue weighted by molar-refractivity contribution is -0.385. The summed E-state index contributed by atoms with van der Waals surface area (Å²) in [6.45, 7) is 0.00277. The molecule has 4 rings (SSSR count). The maximum atomic E-state index is 12.3. The van der Waals surface area contributed by atoms with E-state index in [1.165, 1.54) is 18.3 Å². The summed E-state index contributed by atoms with van der Waals surface area (Å²) in [5, 5.41) is 15.1. The van der Waals surface area contributed by atoms with Crippen LogP contribution in [0.4, 0.5) is 5.69 Å². The van der Waals surface area contributed by atoms with E-state index in [1.807, 2.05) is 42.5 Å². The summed E-state index contributed by atoms with van der Waals surface area (Å²) in [5.41, 5.74) is 4.83. The average molecular weight is 389 g/mol. The number of hydrazone groups is 1. The molecule has 1 heterocycles. The smallest absolute Gasteiger partial charge is 0.282 e. The normalized spacial score (nSPS) is 12.1. The number of fused-ring (bicyclic) bond motifs is 1. The maximum Gasteiger partial charge on any atom is 0.282 e. The third-order valence-electron chi connectivity index (χ3n) is 4.34. The number of nitro benzene ring substituents is 1. The summed E-state index contributed by atoms with van der Waals surface area (Å²) in [6.07, 6.45) is 1.20. The molecule has 0 unspecified atom stereocenters. The Morgan fingerprint density at radius 3 is 2.34 bits per heavy atom. The first-order chi connectivity index (χ1) is 14.1. The van der Waals surface area contributed by atoms with Crippen LogP contribution in [0.15, 0.2) is 71.8 Å². The summed E-state index contributed by atoms with van der Waals surface area (Å²) in [6, 6.07) is 19.6. The summed E-state index contributed by atoms with van der Waals surface area (Å²) < 4.78 is 10.4. The molecule has 0 aliphatic carbocycles. The van der Waals surface area contributed by atoms with Crippen molar-refractivity contribution in [1.82, 2.24) is 5.43 Å². The monoisotopic (exact) mass is 389 g/mol. The molecule has 0 spiro atoms. The first-order valence-corrected chi connectivity index (χ1v) is 8.69. The van der Waals surface area contributed by atoms with Crippen LogP contribution >= 0.6 is 0 Å². The van der Waals surface area contributed by atoms with Crippen molar-refractivity contribution in [3.63, 3.8) is 0 Å². The number of nitrogens with zero attached hydrogens (tertiary/aromatic N) is 2. The standard InChI is InChI=1S/C21H15N3O5/c25-21(16-8-6-15(7-9-16)14-4-2-1-3-5-14)23-22-12-17-10-19-20(29-13-28-19)11-18(17)24(26)27/h1-12H,13H2,(H,23,25)/b22-12-. The Hall–Kier alpha value is -4.20. The Balaban J connectivity index is 1.47. The highest BCUT2D eigenvalue weighted by molar-refractivity contribution is 5.95. The summed E-state index contributed by atoms with van der Waals surface area (Å²) in [7, 11) is 0. The second-order valence-corrected chi connectivity index (χ2v) is 6.16. The Kier molecular flexibility index (Phi) is 4.90. The molecule has 0 fully saturated rings. The lowest BCUT2D eigenvalue weighted by Gasteiger charge is -2.04. The summed E-state index contributed by atoms with van der Waals surface area (Å²) in [4.78, 5) is 23.0. The zero-order valence-electron chi connectivity index (χ0n) is 15.1. The molecule has 29 heavy (non-hydrogen) atoms. The fraction of sp³-hybridized carbons (Fsp3) is 0.0476. The molecule has 1 aliphatic heterocycles. The quantitative estimate of drug-likeness (QED) is 0.407. The van der Waals surface area contributed by atoms with Gasteiger partial charge >= 0.3 is 0 Å². The molecule has 144 valence electrons. The topological polar surface area (TPSA) is 103 Å². The Morgan fingerprint density at radius 2 is 1.66 bits per heavy atom. The van der Waals surface area contributed by atoms with E-state index in [1.54, 1.807) is 12.1 Å². The van der Waals surface area contributed by atoms with Gasteiger partial charge in [0.1, 0.15) is 0 Å². The van der Waals surface area contributed by atoms with Gasteiger partial charge in [0.05, 0.1) is 22.8 Å². The van der Waals surface area contributed by atoms with Crippen LogP contribution in [0, 0.1) is 10.1 Å². The van der Waals surface area contributed by atoms with Crippen molar-refractivity contribution in [2.75, 3.05) is 6.79 Å². The number of nitrogens with one attached hydrogen (secondary N) is 1. The lowest BCUT2D eigenvalue weighted by atomic mass is 10.0. The van der Waals surface area contributed by atoms with Crippen molar-refractivity contribution in [3.8, 4) is 22.6 Å². The van der Waals surface area contributed by atoms with Gasteiger partial charge in [-0.25, -0.2) is 5.43 Å². The minimum Gasteiger partial charge on any atom is -0.454 e. The predicted octanol–water partition coefficient (Wildman–Crippen LogP) is 3.75. The number of amides is 1. The van der Waals surface area contributed by atoms with Gasteiger partial charge in [-0.05, 0) is 29.3 Å². The van der Waals surface area contributed by atoms with Crippen LogP contribution in [0.25, 0.3) is 11.1 Å². The summed E-state index contributed by atoms with van der Waals surface area (Å²) >= 11 is 0. The average Bonchev–Trinajstić information content (AvgIpc) is 3.21. The molecule has 1 amide bonds. The highest BCUT2D eigenvalue weighted by Crippen LogP contribution is 2.37. The highest BCUT2D eigenvalue weighted by atomic mass is 16.7. The van der Waals surface area contributed by atoms with Crippen LogP contribution in [0.5, 0.6) is 11.5 Å². The maximum absolute atomic E-state index is 12.3. The lowest BCUT2D eigenvalue weighted by Crippen LogP contribution is -2.17. The largest absolute Gasteiger partial charge is 0.454 e. The van der Waals surface area contributed by atoms with Crippen LogP contribution in [0.3, 0.4) is 0 Å². The Labute approximate surface area is 165 Å². The van der Waals surface area contributed by atoms with Gasteiger partial charge in [0.25, 0.3) is 11.6 Å². The molecule has 0 bridgehead atoms. The molecule has 0 saturated carbocycles. The van der Waals surface area contributed by atoms with Crippen LogP contribution in [0.2, 0.25) is 0 Å². The van der Waals surface area contributed by atoms with E-state index >= 15 is 0 Å². The van der Waals surface area contributed by atoms with Crippen molar-refractivity contribution in [1.29, 1.82) is 0 Å². The molecule has 0 radical (unpaired) electrons. The van der Waals surface area contributed by atoms with E-state index in [-0.39, 0.29) is 18.0 Å². The third-order valence-corrected chi connectivity index (χ3v) is 4.34. The fourth-order valence-corrected chi connectivity index (χ4v) is 2.88. The zero-order chi connectivity index (χ0) is 20.2. The minimum absolute atomic E-state index is 0.00277. The predicted molar refractivity (Wildman–Crippen MR) is 106 cm³/mol. The molecule has 1 aliphatic rings. The molecule has 3 aromatic carbocycles. The third kappa shape index (κ3) is 3.91. The summed E-state index contributed by atoms with van der Waals surface area (Å²) in [5.74, 6) is 0.264. The Morgan fingerprint density at radius 1 is 1.00 bits per heavy atom. The van der Waals surface area contributed by atoms with Gasteiger partial charge < -0.3 is 9.47 Å². The van der Waals surface area contributed by atoms with Crippen LogP contribution in [-0.4, -0.2) is 23.8 Å². The number of ether oxygens (including phenoxy) is 2. The van der Waals surface area contributed by atoms with Crippen molar-refractivity contribution in [2.45, 2.75) is 0 Å². The van der Waals surface area contributed by atoms with Crippen LogP contribution in [-0.2, 0) is 0 Å². The van der Waals surface area contributed by atoms with Crippen molar-refractivity contribution >= 4 is 17.8 Å². The molecule has 0 saturated heterocycles. The molecule has 1 N–H and O–H groups in total.